The average molecular weight is 294 g/mol. The van der Waals surface area contributed by atoms with Crippen LogP contribution in [-0.2, 0) is 11.3 Å². The Labute approximate surface area is 127 Å². The van der Waals surface area contributed by atoms with Crippen LogP contribution >= 0.6 is 0 Å². The van der Waals surface area contributed by atoms with Gasteiger partial charge in [-0.3, -0.25) is 0 Å². The number of anilines is 1. The Morgan fingerprint density at radius 2 is 2.19 bits per heavy atom. The Hall–Kier alpha value is -1.13. The zero-order chi connectivity index (χ0) is 15.1. The second kappa shape index (κ2) is 8.35. The van der Waals surface area contributed by atoms with Crippen molar-refractivity contribution in [3.63, 3.8) is 0 Å². The van der Waals surface area contributed by atoms with E-state index in [4.69, 9.17) is 4.74 Å². The summed E-state index contributed by atoms with van der Waals surface area (Å²) in [6.07, 6.45) is 4.66. The SMILES string of the molecule is CCCCN(c1ccc(CNCCOC)cc1F)C1CC1. The summed E-state index contributed by atoms with van der Waals surface area (Å²) in [5.74, 6) is -0.0935. The summed E-state index contributed by atoms with van der Waals surface area (Å²) >= 11 is 0. The van der Waals surface area contributed by atoms with Crippen molar-refractivity contribution in [2.45, 2.75) is 45.2 Å². The minimum atomic E-state index is -0.0935. The monoisotopic (exact) mass is 294 g/mol. The Balaban J connectivity index is 1.96. The molecule has 0 bridgehead atoms. The molecule has 2 rings (SSSR count). The van der Waals surface area contributed by atoms with Crippen LogP contribution in [0.25, 0.3) is 0 Å². The molecule has 0 saturated heterocycles. The maximum Gasteiger partial charge on any atom is 0.146 e. The molecule has 1 aliphatic rings. The van der Waals surface area contributed by atoms with E-state index in [1.165, 1.54) is 12.8 Å². The van der Waals surface area contributed by atoms with Crippen molar-refractivity contribution in [1.82, 2.24) is 5.32 Å². The van der Waals surface area contributed by atoms with Crippen LogP contribution in [0.4, 0.5) is 10.1 Å². The molecule has 0 radical (unpaired) electrons. The molecule has 1 aromatic carbocycles. The summed E-state index contributed by atoms with van der Waals surface area (Å²) < 4.78 is 19.4. The molecule has 0 unspecified atom stereocenters. The minimum Gasteiger partial charge on any atom is -0.383 e. The van der Waals surface area contributed by atoms with Crippen LogP contribution < -0.4 is 10.2 Å². The predicted octanol–water partition coefficient (Wildman–Crippen LogP) is 3.33. The maximum atomic E-state index is 14.4. The lowest BCUT2D eigenvalue weighted by molar-refractivity contribution is 0.199. The Morgan fingerprint density at radius 3 is 2.81 bits per heavy atom. The van der Waals surface area contributed by atoms with E-state index in [2.05, 4.69) is 17.1 Å². The van der Waals surface area contributed by atoms with E-state index < -0.39 is 0 Å². The van der Waals surface area contributed by atoms with Crippen molar-refractivity contribution < 1.29 is 9.13 Å². The fourth-order valence-electron chi connectivity index (χ4n) is 2.51. The van der Waals surface area contributed by atoms with Crippen molar-refractivity contribution in [3.8, 4) is 0 Å². The van der Waals surface area contributed by atoms with E-state index in [-0.39, 0.29) is 5.82 Å². The zero-order valence-electron chi connectivity index (χ0n) is 13.2. The van der Waals surface area contributed by atoms with E-state index in [1.54, 1.807) is 13.2 Å². The highest BCUT2D eigenvalue weighted by Gasteiger charge is 2.30. The first-order chi connectivity index (χ1) is 10.3. The number of rotatable bonds is 10. The van der Waals surface area contributed by atoms with Crippen LogP contribution in [0.5, 0.6) is 0 Å². The molecule has 0 aromatic heterocycles. The zero-order valence-corrected chi connectivity index (χ0v) is 13.2. The predicted molar refractivity (Wildman–Crippen MR) is 85.3 cm³/mol. The highest BCUT2D eigenvalue weighted by Crippen LogP contribution is 2.33. The first-order valence-corrected chi connectivity index (χ1v) is 8.01. The number of unbranched alkanes of at least 4 members (excludes halogenated alkanes) is 1. The number of methoxy groups -OCH3 is 1. The van der Waals surface area contributed by atoms with Gasteiger partial charge in [0.2, 0.25) is 0 Å². The van der Waals surface area contributed by atoms with Gasteiger partial charge in [0.25, 0.3) is 0 Å². The summed E-state index contributed by atoms with van der Waals surface area (Å²) in [4.78, 5) is 2.25. The molecule has 0 aliphatic heterocycles. The number of hydrogen-bond donors (Lipinski definition) is 1. The van der Waals surface area contributed by atoms with Gasteiger partial charge in [0.15, 0.2) is 0 Å². The average Bonchev–Trinajstić information content (AvgIpc) is 3.30. The summed E-state index contributed by atoms with van der Waals surface area (Å²) in [5, 5.41) is 3.24. The van der Waals surface area contributed by atoms with Gasteiger partial charge in [-0.25, -0.2) is 4.39 Å². The summed E-state index contributed by atoms with van der Waals surface area (Å²) in [6.45, 7) is 5.27. The molecule has 1 aromatic rings. The maximum absolute atomic E-state index is 14.4. The molecule has 1 N–H and O–H groups in total. The number of halogens is 1. The van der Waals surface area contributed by atoms with E-state index in [0.717, 1.165) is 37.2 Å². The molecule has 3 nitrogen and oxygen atoms in total. The van der Waals surface area contributed by atoms with E-state index >= 15 is 0 Å². The molecule has 118 valence electrons. The van der Waals surface area contributed by atoms with Gasteiger partial charge in [-0.1, -0.05) is 19.4 Å². The lowest BCUT2D eigenvalue weighted by Gasteiger charge is -2.25. The molecule has 0 atom stereocenters. The quantitative estimate of drug-likeness (QED) is 0.670. The first kappa shape index (κ1) is 16.2. The second-order valence-electron chi connectivity index (χ2n) is 5.73. The van der Waals surface area contributed by atoms with Gasteiger partial charge in [0.1, 0.15) is 5.82 Å². The Morgan fingerprint density at radius 1 is 1.38 bits per heavy atom. The van der Waals surface area contributed by atoms with Gasteiger partial charge in [-0.15, -0.1) is 0 Å². The van der Waals surface area contributed by atoms with Crippen molar-refractivity contribution in [2.75, 3.05) is 31.7 Å². The molecule has 1 aliphatic carbocycles. The second-order valence-corrected chi connectivity index (χ2v) is 5.73. The summed E-state index contributed by atoms with van der Waals surface area (Å²) in [7, 11) is 1.68. The number of nitrogens with one attached hydrogen (secondary N) is 1. The molecule has 21 heavy (non-hydrogen) atoms. The number of nitrogens with zero attached hydrogens (tertiary/aromatic N) is 1. The Kier molecular flexibility index (Phi) is 6.46. The highest BCUT2D eigenvalue weighted by atomic mass is 19.1. The van der Waals surface area contributed by atoms with Gasteiger partial charge in [-0.05, 0) is 37.0 Å². The number of hydrogen-bond acceptors (Lipinski definition) is 3. The van der Waals surface area contributed by atoms with Crippen molar-refractivity contribution >= 4 is 5.69 Å². The summed E-state index contributed by atoms with van der Waals surface area (Å²) in [6, 6.07) is 6.18. The van der Waals surface area contributed by atoms with Gasteiger partial charge in [0, 0.05) is 32.8 Å². The molecule has 4 heteroatoms. The molecule has 1 fully saturated rings. The van der Waals surface area contributed by atoms with Crippen LogP contribution in [0.3, 0.4) is 0 Å². The highest BCUT2D eigenvalue weighted by molar-refractivity contribution is 5.51. The van der Waals surface area contributed by atoms with Crippen LogP contribution in [0, 0.1) is 5.82 Å². The van der Waals surface area contributed by atoms with Crippen molar-refractivity contribution in [1.29, 1.82) is 0 Å². The fraction of sp³-hybridized carbons (Fsp3) is 0.647. The van der Waals surface area contributed by atoms with Gasteiger partial charge >= 0.3 is 0 Å². The number of ether oxygens (including phenoxy) is 1. The summed E-state index contributed by atoms with van der Waals surface area (Å²) in [5.41, 5.74) is 1.75. The van der Waals surface area contributed by atoms with Gasteiger partial charge < -0.3 is 15.0 Å². The smallest absolute Gasteiger partial charge is 0.146 e. The normalized spacial score (nSPS) is 14.4. The third kappa shape index (κ3) is 4.97. The van der Waals surface area contributed by atoms with Gasteiger partial charge in [-0.2, -0.15) is 0 Å². The number of benzene rings is 1. The van der Waals surface area contributed by atoms with Crippen LogP contribution in [0.2, 0.25) is 0 Å². The van der Waals surface area contributed by atoms with E-state index in [0.29, 0.717) is 19.2 Å². The molecule has 0 heterocycles. The van der Waals surface area contributed by atoms with Crippen LogP contribution in [0.15, 0.2) is 18.2 Å². The van der Waals surface area contributed by atoms with Crippen molar-refractivity contribution in [3.05, 3.63) is 29.6 Å². The van der Waals surface area contributed by atoms with Crippen LogP contribution in [-0.4, -0.2) is 32.8 Å². The fourth-order valence-corrected chi connectivity index (χ4v) is 2.51. The van der Waals surface area contributed by atoms with E-state index in [9.17, 15) is 4.39 Å². The topological polar surface area (TPSA) is 24.5 Å². The Bertz CT molecular complexity index is 435. The van der Waals surface area contributed by atoms with E-state index in [1.807, 2.05) is 12.1 Å². The largest absolute Gasteiger partial charge is 0.383 e. The van der Waals surface area contributed by atoms with Crippen molar-refractivity contribution in [2.24, 2.45) is 0 Å². The third-order valence-electron chi connectivity index (χ3n) is 3.87. The standard InChI is InChI=1S/C17H27FN2O/c1-3-4-10-20(15-6-7-15)17-8-5-14(12-16(17)18)13-19-9-11-21-2/h5,8,12,15,19H,3-4,6-7,9-11,13H2,1-2H3. The lowest BCUT2D eigenvalue weighted by atomic mass is 10.1. The molecular weight excluding hydrogens is 267 g/mol. The molecular formula is C17H27FN2O. The van der Waals surface area contributed by atoms with Gasteiger partial charge in [0.05, 0.1) is 12.3 Å². The minimum absolute atomic E-state index is 0.0935. The molecule has 1 saturated carbocycles. The third-order valence-corrected chi connectivity index (χ3v) is 3.87. The lowest BCUT2D eigenvalue weighted by Crippen LogP contribution is -2.27. The first-order valence-electron chi connectivity index (χ1n) is 8.01. The molecule has 0 spiro atoms. The van der Waals surface area contributed by atoms with Crippen LogP contribution in [0.1, 0.15) is 38.2 Å². The molecule has 0 amide bonds.